The Morgan fingerprint density at radius 1 is 1.05 bits per heavy atom. The van der Waals surface area contributed by atoms with Gasteiger partial charge >= 0.3 is 143 Å². The minimum atomic E-state index is -2.15. The van der Waals surface area contributed by atoms with E-state index in [4.69, 9.17) is 0 Å². The topological polar surface area (TPSA) is 17.1 Å². The molecule has 1 nitrogen and oxygen atoms in total. The number of ketones is 1. The molecule has 0 spiro atoms. The summed E-state index contributed by atoms with van der Waals surface area (Å²) in [5.74, 6) is 0.739. The van der Waals surface area contributed by atoms with E-state index in [-0.39, 0.29) is 0 Å². The number of hydrogen-bond donors (Lipinski definition) is 0. The molecule has 1 atom stereocenters. The van der Waals surface area contributed by atoms with E-state index >= 15 is 0 Å². The van der Waals surface area contributed by atoms with Crippen molar-refractivity contribution < 1.29 is 4.79 Å². The van der Waals surface area contributed by atoms with Crippen LogP contribution in [0.1, 0.15) is 85.5 Å². The van der Waals surface area contributed by atoms with E-state index in [1.165, 1.54) is 44.9 Å². The first-order valence-electron chi connectivity index (χ1n) is 9.79. The van der Waals surface area contributed by atoms with Crippen molar-refractivity contribution in [1.82, 2.24) is 0 Å². The van der Waals surface area contributed by atoms with Crippen LogP contribution >= 0.6 is 0 Å². The summed E-state index contributed by atoms with van der Waals surface area (Å²) in [6.07, 6.45) is 14.4. The summed E-state index contributed by atoms with van der Waals surface area (Å²) in [6.45, 7) is 8.82. The van der Waals surface area contributed by atoms with Gasteiger partial charge in [0.15, 0.2) is 0 Å². The molecule has 128 valence electrons. The maximum absolute atomic E-state index is 11.7. The van der Waals surface area contributed by atoms with E-state index in [0.29, 0.717) is 11.7 Å². The van der Waals surface area contributed by atoms with E-state index in [0.717, 1.165) is 12.8 Å². The number of hydrogen-bond acceptors (Lipinski definition) is 1. The van der Waals surface area contributed by atoms with Crippen molar-refractivity contribution in [1.29, 1.82) is 0 Å². The Labute approximate surface area is 143 Å². The Balaban J connectivity index is 2.92. The molecule has 0 aromatic carbocycles. The van der Waals surface area contributed by atoms with E-state index < -0.39 is 18.4 Å². The molecule has 0 fully saturated rings. The van der Waals surface area contributed by atoms with E-state index in [1.54, 1.807) is 20.2 Å². The van der Waals surface area contributed by atoms with Crippen LogP contribution in [0.5, 0.6) is 0 Å². The summed E-state index contributed by atoms with van der Waals surface area (Å²) < 4.78 is 6.63. The van der Waals surface area contributed by atoms with Crippen molar-refractivity contribution in [3.05, 3.63) is 9.67 Å². The maximum atomic E-state index is 11.7. The standard InChI is InChI=1S/C8H11O.3C4H9.Sn/c1-7(9)8-5-3-2-4-6-8;3*1-3-4-2;/h3,8H,4-6H2,1H3;3*1,3-4H2,2H3;. The molecule has 0 aromatic rings. The predicted molar refractivity (Wildman–Crippen MR) is 101 cm³/mol. The molecule has 0 aromatic heterocycles. The van der Waals surface area contributed by atoms with Gasteiger partial charge in [0.05, 0.1) is 0 Å². The first-order valence-corrected chi connectivity index (χ1v) is 17.3. The van der Waals surface area contributed by atoms with E-state index in [1.807, 2.05) is 3.59 Å². The molecule has 0 saturated carbocycles. The van der Waals surface area contributed by atoms with Crippen molar-refractivity contribution in [2.24, 2.45) is 5.92 Å². The zero-order chi connectivity index (χ0) is 16.4. The van der Waals surface area contributed by atoms with Crippen LogP contribution in [0, 0.1) is 5.92 Å². The van der Waals surface area contributed by atoms with Gasteiger partial charge in [-0.1, -0.05) is 0 Å². The van der Waals surface area contributed by atoms with Gasteiger partial charge in [-0.2, -0.15) is 0 Å². The van der Waals surface area contributed by atoms with Crippen molar-refractivity contribution in [2.75, 3.05) is 0 Å². The van der Waals surface area contributed by atoms with Gasteiger partial charge in [-0.3, -0.25) is 0 Å². The Kier molecular flexibility index (Phi) is 10.0. The molecule has 0 saturated heterocycles. The van der Waals surface area contributed by atoms with Crippen LogP contribution in [0.2, 0.25) is 13.3 Å². The number of unbranched alkanes of at least 4 members (excludes halogenated alkanes) is 3. The van der Waals surface area contributed by atoms with Crippen LogP contribution < -0.4 is 0 Å². The summed E-state index contributed by atoms with van der Waals surface area (Å²) in [4.78, 5) is 11.7. The van der Waals surface area contributed by atoms with Gasteiger partial charge in [-0.05, 0) is 0 Å². The molecule has 1 aliphatic carbocycles. The van der Waals surface area contributed by atoms with Crippen LogP contribution in [0.4, 0.5) is 0 Å². The summed E-state index contributed by atoms with van der Waals surface area (Å²) in [7, 11) is 0. The molecule has 0 N–H and O–H groups in total. The number of rotatable bonds is 11. The van der Waals surface area contributed by atoms with Crippen molar-refractivity contribution >= 4 is 24.2 Å². The second-order valence-corrected chi connectivity index (χ2v) is 20.8. The monoisotopic (exact) mass is 414 g/mol. The summed E-state index contributed by atoms with van der Waals surface area (Å²) in [5.41, 5.74) is 0. The van der Waals surface area contributed by atoms with Crippen LogP contribution in [0.15, 0.2) is 9.67 Å². The number of Topliss-reactive ketones (excluding diaryl/α,β-unsaturated/α-hetero) is 1. The van der Waals surface area contributed by atoms with Crippen LogP contribution in [0.3, 0.4) is 0 Å². The molecular weight excluding hydrogens is 375 g/mol. The van der Waals surface area contributed by atoms with Crippen molar-refractivity contribution in [2.45, 2.75) is 98.8 Å². The quantitative estimate of drug-likeness (QED) is 0.345. The van der Waals surface area contributed by atoms with Gasteiger partial charge in [0.2, 0.25) is 0 Å². The molecule has 0 heterocycles. The average molecular weight is 413 g/mol. The fourth-order valence-corrected chi connectivity index (χ4v) is 21.3. The third kappa shape index (κ3) is 6.01. The van der Waals surface area contributed by atoms with Crippen molar-refractivity contribution in [3.8, 4) is 0 Å². The first kappa shape index (κ1) is 20.3. The zero-order valence-electron chi connectivity index (χ0n) is 15.5. The molecule has 0 bridgehead atoms. The minimum absolute atomic E-state index is 0.330. The van der Waals surface area contributed by atoms with Gasteiger partial charge in [0.25, 0.3) is 0 Å². The molecule has 0 aliphatic heterocycles. The van der Waals surface area contributed by atoms with Gasteiger partial charge < -0.3 is 0 Å². The summed E-state index contributed by atoms with van der Waals surface area (Å²) in [6, 6.07) is 0. The number of allylic oxidation sites excluding steroid dienone is 2. The van der Waals surface area contributed by atoms with Crippen LogP contribution in [-0.2, 0) is 4.79 Å². The Morgan fingerprint density at radius 3 is 1.86 bits per heavy atom. The second kappa shape index (κ2) is 10.9. The normalized spacial score (nSPS) is 19.1. The third-order valence-electron chi connectivity index (χ3n) is 5.69. The Morgan fingerprint density at radius 2 is 1.55 bits per heavy atom. The predicted octanol–water partition coefficient (Wildman–Crippen LogP) is 6.69. The van der Waals surface area contributed by atoms with Gasteiger partial charge in [0.1, 0.15) is 0 Å². The molecule has 2 heteroatoms. The Hall–Kier alpha value is 0.209. The SMILES string of the molecule is CCC[CH2][Sn]([CH2]CCC)([CH2]CCC)[C]1=CCC(C(C)=O)CC1. The van der Waals surface area contributed by atoms with E-state index in [9.17, 15) is 4.79 Å². The number of carbonyl (C=O) groups is 1. The third-order valence-corrected chi connectivity index (χ3v) is 22.1. The molecule has 1 aliphatic rings. The van der Waals surface area contributed by atoms with Gasteiger partial charge in [0, 0.05) is 0 Å². The zero-order valence-corrected chi connectivity index (χ0v) is 18.4. The molecule has 0 radical (unpaired) electrons. The first-order chi connectivity index (χ1) is 10.6. The fourth-order valence-electron chi connectivity index (χ4n) is 4.09. The molecular formula is C20H38OSn. The molecule has 0 amide bonds. The van der Waals surface area contributed by atoms with Crippen LogP contribution in [0.25, 0.3) is 0 Å². The number of carbonyl (C=O) groups excluding carboxylic acids is 1. The van der Waals surface area contributed by atoms with Crippen LogP contribution in [-0.4, -0.2) is 24.2 Å². The van der Waals surface area contributed by atoms with Crippen molar-refractivity contribution in [3.63, 3.8) is 0 Å². The summed E-state index contributed by atoms with van der Waals surface area (Å²) in [5, 5.41) is 0. The molecule has 1 rings (SSSR count). The average Bonchev–Trinajstić information content (AvgIpc) is 2.54. The molecule has 22 heavy (non-hydrogen) atoms. The van der Waals surface area contributed by atoms with E-state index in [2.05, 4.69) is 26.8 Å². The Bertz CT molecular complexity index is 337. The second-order valence-electron chi connectivity index (χ2n) is 7.40. The van der Waals surface area contributed by atoms with Gasteiger partial charge in [-0.15, -0.1) is 0 Å². The fraction of sp³-hybridized carbons (Fsp3) is 0.850. The van der Waals surface area contributed by atoms with Gasteiger partial charge in [-0.25, -0.2) is 0 Å². The summed E-state index contributed by atoms with van der Waals surface area (Å²) >= 11 is -2.15. The molecule has 1 unspecified atom stereocenters.